The molecule has 0 saturated carbocycles. The Balaban J connectivity index is 1.73. The predicted molar refractivity (Wildman–Crippen MR) is 106 cm³/mol. The fourth-order valence-electron chi connectivity index (χ4n) is 3.45. The lowest BCUT2D eigenvalue weighted by atomic mass is 9.96. The van der Waals surface area contributed by atoms with Crippen molar-refractivity contribution in [3.63, 3.8) is 0 Å². The van der Waals surface area contributed by atoms with Crippen molar-refractivity contribution < 1.29 is 4.74 Å². The molecule has 0 spiro atoms. The van der Waals surface area contributed by atoms with Crippen LogP contribution < -0.4 is 4.74 Å². The Bertz CT molecular complexity index is 799. The maximum atomic E-state index is 5.66. The van der Waals surface area contributed by atoms with Gasteiger partial charge in [0.2, 0.25) is 0 Å². The van der Waals surface area contributed by atoms with E-state index in [1.54, 1.807) is 0 Å². The largest absolute Gasteiger partial charge is 0.493 e. The van der Waals surface area contributed by atoms with Gasteiger partial charge in [0.25, 0.3) is 0 Å². The van der Waals surface area contributed by atoms with Gasteiger partial charge in [-0.2, -0.15) is 0 Å². The molecular formula is C19H20BrN3OS. The molecule has 1 fully saturated rings. The number of aromatic nitrogens is 1. The highest BCUT2D eigenvalue weighted by molar-refractivity contribution is 9.10. The Morgan fingerprint density at radius 3 is 2.92 bits per heavy atom. The zero-order valence-corrected chi connectivity index (χ0v) is 16.6. The minimum absolute atomic E-state index is 0.0287. The summed E-state index contributed by atoms with van der Waals surface area (Å²) in [5, 5.41) is 1.70. The second-order valence-electron chi connectivity index (χ2n) is 6.26. The van der Waals surface area contributed by atoms with Crippen LogP contribution in [0.1, 0.15) is 37.2 Å². The summed E-state index contributed by atoms with van der Waals surface area (Å²) < 4.78 is 6.65. The summed E-state index contributed by atoms with van der Waals surface area (Å²) in [5.41, 5.74) is 2.26. The third kappa shape index (κ3) is 3.17. The maximum Gasteiger partial charge on any atom is 0.160 e. The maximum absolute atomic E-state index is 5.66. The Morgan fingerprint density at radius 1 is 1.32 bits per heavy atom. The number of pyridine rings is 1. The number of rotatable bonds is 4. The van der Waals surface area contributed by atoms with Crippen LogP contribution in [0.3, 0.4) is 0 Å². The summed E-state index contributed by atoms with van der Waals surface area (Å²) in [7, 11) is 0. The average molecular weight is 418 g/mol. The highest BCUT2D eigenvalue weighted by atomic mass is 79.9. The summed E-state index contributed by atoms with van der Waals surface area (Å²) in [6.45, 7) is 5.93. The first kappa shape index (κ1) is 16.9. The highest BCUT2D eigenvalue weighted by Gasteiger charge is 2.43. The van der Waals surface area contributed by atoms with E-state index >= 15 is 0 Å². The lowest BCUT2D eigenvalue weighted by molar-refractivity contribution is 0.319. The van der Waals surface area contributed by atoms with Crippen LogP contribution in [0.4, 0.5) is 0 Å². The van der Waals surface area contributed by atoms with Crippen LogP contribution >= 0.6 is 27.7 Å². The van der Waals surface area contributed by atoms with Gasteiger partial charge in [0.05, 0.1) is 22.8 Å². The number of hydrogen-bond donors (Lipinski definition) is 0. The molecular weight excluding hydrogens is 398 g/mol. The lowest BCUT2D eigenvalue weighted by Crippen LogP contribution is -2.28. The van der Waals surface area contributed by atoms with E-state index in [4.69, 9.17) is 9.73 Å². The van der Waals surface area contributed by atoms with Crippen molar-refractivity contribution in [3.05, 3.63) is 58.3 Å². The number of ether oxygens (including phenoxy) is 1. The molecule has 130 valence electrons. The fraction of sp³-hybridized carbons (Fsp3) is 0.368. The molecule has 25 heavy (non-hydrogen) atoms. The number of hydrogen-bond acceptors (Lipinski definition) is 5. The first-order valence-corrected chi connectivity index (χ1v) is 10.2. The molecule has 0 radical (unpaired) electrons. The van der Waals surface area contributed by atoms with Gasteiger partial charge < -0.3 is 9.64 Å². The molecule has 3 atom stereocenters. The molecule has 0 N–H and O–H groups in total. The molecule has 1 aromatic carbocycles. The van der Waals surface area contributed by atoms with E-state index in [0.29, 0.717) is 11.9 Å². The van der Waals surface area contributed by atoms with Crippen molar-refractivity contribution in [2.75, 3.05) is 13.2 Å². The van der Waals surface area contributed by atoms with Crippen LogP contribution in [0.15, 0.2) is 52.1 Å². The van der Waals surface area contributed by atoms with E-state index in [1.807, 2.05) is 43.1 Å². The first-order chi connectivity index (χ1) is 12.2. The number of amidine groups is 1. The minimum Gasteiger partial charge on any atom is -0.493 e. The number of thioether (sulfide) groups is 1. The summed E-state index contributed by atoms with van der Waals surface area (Å²) in [6.07, 6.45) is 1.85. The van der Waals surface area contributed by atoms with E-state index in [1.165, 1.54) is 5.56 Å². The zero-order chi connectivity index (χ0) is 17.4. The topological polar surface area (TPSA) is 37.7 Å². The van der Waals surface area contributed by atoms with Gasteiger partial charge in [0.15, 0.2) is 5.17 Å². The third-order valence-corrected chi connectivity index (χ3v) is 6.20. The molecule has 2 aromatic rings. The standard InChI is InChI=1S/C19H20BrN3OS/c1-3-24-16-8-7-13(10-14(16)20)18-17(15-6-4-5-9-21-15)22-19-23(18)11-12(2)25-19/h4-10,12,17-18H,3,11H2,1-2H3/t12-,17+,18-/m1/s1. The van der Waals surface area contributed by atoms with Gasteiger partial charge in [-0.15, -0.1) is 0 Å². The number of halogens is 1. The number of nitrogens with zero attached hydrogens (tertiary/aromatic N) is 3. The second kappa shape index (κ2) is 7.00. The molecule has 4 rings (SSSR count). The smallest absolute Gasteiger partial charge is 0.160 e. The van der Waals surface area contributed by atoms with Crippen molar-refractivity contribution in [1.29, 1.82) is 0 Å². The first-order valence-electron chi connectivity index (χ1n) is 8.51. The van der Waals surface area contributed by atoms with Gasteiger partial charge in [0, 0.05) is 18.0 Å². The molecule has 2 aliphatic heterocycles. The number of fused-ring (bicyclic) bond motifs is 1. The monoisotopic (exact) mass is 417 g/mol. The van der Waals surface area contributed by atoms with Crippen LogP contribution in [0.5, 0.6) is 5.75 Å². The molecule has 2 aliphatic rings. The minimum atomic E-state index is 0.0287. The van der Waals surface area contributed by atoms with Crippen LogP contribution in [0, 0.1) is 0 Å². The Hall–Kier alpha value is -1.53. The van der Waals surface area contributed by atoms with Crippen molar-refractivity contribution >= 4 is 32.9 Å². The summed E-state index contributed by atoms with van der Waals surface area (Å²) >= 11 is 5.51. The van der Waals surface area contributed by atoms with Crippen LogP contribution in [0.2, 0.25) is 0 Å². The zero-order valence-electron chi connectivity index (χ0n) is 14.2. The van der Waals surface area contributed by atoms with Gasteiger partial charge in [-0.1, -0.05) is 30.8 Å². The molecule has 0 unspecified atom stereocenters. The Morgan fingerprint density at radius 2 is 2.20 bits per heavy atom. The molecule has 6 heteroatoms. The van der Waals surface area contributed by atoms with E-state index in [-0.39, 0.29) is 12.1 Å². The van der Waals surface area contributed by atoms with Crippen molar-refractivity contribution in [1.82, 2.24) is 9.88 Å². The summed E-state index contributed by atoms with van der Waals surface area (Å²) in [5.74, 6) is 0.879. The Kier molecular flexibility index (Phi) is 4.73. The lowest BCUT2D eigenvalue weighted by Gasteiger charge is -2.27. The molecule has 1 aromatic heterocycles. The highest BCUT2D eigenvalue weighted by Crippen LogP contribution is 2.48. The second-order valence-corrected chi connectivity index (χ2v) is 8.52. The van der Waals surface area contributed by atoms with Gasteiger partial charge in [-0.3, -0.25) is 9.98 Å². The summed E-state index contributed by atoms with van der Waals surface area (Å²) in [4.78, 5) is 12.0. The van der Waals surface area contributed by atoms with Crippen LogP contribution in [-0.2, 0) is 0 Å². The van der Waals surface area contributed by atoms with Crippen molar-refractivity contribution in [3.8, 4) is 5.75 Å². The molecule has 1 saturated heterocycles. The number of aliphatic imine (C=N–C) groups is 1. The van der Waals surface area contributed by atoms with Gasteiger partial charge in [0.1, 0.15) is 11.8 Å². The van der Waals surface area contributed by atoms with E-state index in [9.17, 15) is 0 Å². The normalized spacial score (nSPS) is 25.0. The predicted octanol–water partition coefficient (Wildman–Crippen LogP) is 4.83. The van der Waals surface area contributed by atoms with Crippen molar-refractivity contribution in [2.24, 2.45) is 4.99 Å². The fourth-order valence-corrected chi connectivity index (χ4v) is 5.06. The average Bonchev–Trinajstić information content (AvgIpc) is 3.13. The van der Waals surface area contributed by atoms with Gasteiger partial charge in [-0.25, -0.2) is 0 Å². The molecule has 0 aliphatic carbocycles. The molecule has 0 bridgehead atoms. The van der Waals surface area contributed by atoms with Gasteiger partial charge >= 0.3 is 0 Å². The van der Waals surface area contributed by atoms with Crippen LogP contribution in [0.25, 0.3) is 0 Å². The van der Waals surface area contributed by atoms with E-state index < -0.39 is 0 Å². The molecule has 0 amide bonds. The van der Waals surface area contributed by atoms with E-state index in [0.717, 1.165) is 27.6 Å². The van der Waals surface area contributed by atoms with E-state index in [2.05, 4.69) is 50.9 Å². The number of benzene rings is 1. The molecule has 4 nitrogen and oxygen atoms in total. The Labute approximate surface area is 160 Å². The summed E-state index contributed by atoms with van der Waals surface area (Å²) in [6, 6.07) is 12.6. The van der Waals surface area contributed by atoms with Gasteiger partial charge in [-0.05, 0) is 52.7 Å². The van der Waals surface area contributed by atoms with Crippen molar-refractivity contribution in [2.45, 2.75) is 31.2 Å². The SMILES string of the molecule is CCOc1ccc([C@@H]2[C@H](c3ccccn3)N=C3S[C@H](C)CN32)cc1Br. The van der Waals surface area contributed by atoms with Crippen LogP contribution in [-0.4, -0.2) is 33.5 Å². The quantitative estimate of drug-likeness (QED) is 0.713. The third-order valence-electron chi connectivity index (χ3n) is 4.48. The molecule has 3 heterocycles.